The molecule has 0 bridgehead atoms. The molecule has 0 aliphatic rings. The van der Waals surface area contributed by atoms with Crippen LogP contribution in [0.5, 0.6) is 0 Å². The molecule has 0 aliphatic carbocycles. The summed E-state index contributed by atoms with van der Waals surface area (Å²) in [5.74, 6) is -2.25. The Labute approximate surface area is 177 Å². The molecule has 0 saturated heterocycles. The van der Waals surface area contributed by atoms with E-state index in [0.29, 0.717) is 12.0 Å². The molecule has 0 aliphatic heterocycles. The van der Waals surface area contributed by atoms with Gasteiger partial charge in [0.05, 0.1) is 0 Å². The van der Waals surface area contributed by atoms with Crippen molar-refractivity contribution in [3.8, 4) is 0 Å². The zero-order valence-electron chi connectivity index (χ0n) is 18.8. The quantitative estimate of drug-likeness (QED) is 0.0965. The first kappa shape index (κ1) is 27.4. The second kappa shape index (κ2) is 18.4. The predicted molar refractivity (Wildman–Crippen MR) is 118 cm³/mol. The highest BCUT2D eigenvalue weighted by atomic mass is 16.6. The van der Waals surface area contributed by atoms with Crippen LogP contribution < -0.4 is 0 Å². The number of ether oxygens (including phenoxy) is 1. The van der Waals surface area contributed by atoms with Crippen LogP contribution in [0.15, 0.2) is 23.5 Å². The van der Waals surface area contributed by atoms with Crippen LogP contribution in [0.2, 0.25) is 0 Å². The average molecular weight is 411 g/mol. The van der Waals surface area contributed by atoms with Gasteiger partial charge in [0.25, 0.3) is 0 Å². The van der Waals surface area contributed by atoms with Gasteiger partial charge in [-0.1, -0.05) is 70.4 Å². The minimum Gasteiger partial charge on any atom is -0.509 e. The Morgan fingerprint density at radius 1 is 0.828 bits per heavy atom. The molecule has 2 N–H and O–H groups in total. The molecule has 0 radical (unpaired) electrons. The maximum Gasteiger partial charge on any atom is 0.350 e. The van der Waals surface area contributed by atoms with E-state index in [2.05, 4.69) is 23.8 Å². The monoisotopic (exact) mass is 410 g/mol. The van der Waals surface area contributed by atoms with Crippen molar-refractivity contribution in [3.63, 3.8) is 0 Å². The fourth-order valence-corrected chi connectivity index (χ4v) is 2.94. The number of rotatable bonds is 17. The molecule has 29 heavy (non-hydrogen) atoms. The number of aliphatic hydroxyl groups is 2. The van der Waals surface area contributed by atoms with Gasteiger partial charge in [-0.3, -0.25) is 4.79 Å². The summed E-state index contributed by atoms with van der Waals surface area (Å²) in [5.41, 5.74) is 0.402. The Morgan fingerprint density at radius 3 is 1.83 bits per heavy atom. The first-order valence-corrected chi connectivity index (χ1v) is 11.3. The van der Waals surface area contributed by atoms with E-state index in [4.69, 9.17) is 0 Å². The molecule has 168 valence electrons. The number of carbonyl (C=O) groups is 2. The lowest BCUT2D eigenvalue weighted by atomic mass is 10.1. The highest BCUT2D eigenvalue weighted by molar-refractivity contribution is 5.89. The van der Waals surface area contributed by atoms with Gasteiger partial charge in [-0.25, -0.2) is 4.79 Å². The number of hydrogen-bond donors (Lipinski definition) is 2. The van der Waals surface area contributed by atoms with Crippen LogP contribution in [0, 0.1) is 0 Å². The summed E-state index contributed by atoms with van der Waals surface area (Å²) < 4.78 is 4.57. The summed E-state index contributed by atoms with van der Waals surface area (Å²) in [6.07, 6.45) is 18.2. The van der Waals surface area contributed by atoms with Gasteiger partial charge in [0.1, 0.15) is 5.76 Å². The summed E-state index contributed by atoms with van der Waals surface area (Å²) in [7, 11) is 0. The van der Waals surface area contributed by atoms with E-state index in [0.717, 1.165) is 32.1 Å². The number of hydrogen-bond acceptors (Lipinski definition) is 5. The lowest BCUT2D eigenvalue weighted by molar-refractivity contribution is -0.165. The van der Waals surface area contributed by atoms with Gasteiger partial charge in [0.15, 0.2) is 0 Å². The molecule has 1 atom stereocenters. The Kier molecular flexibility index (Phi) is 17.4. The van der Waals surface area contributed by atoms with Crippen LogP contribution >= 0.6 is 0 Å². The minimum absolute atomic E-state index is 0.145. The van der Waals surface area contributed by atoms with Crippen LogP contribution in [-0.2, 0) is 14.3 Å². The van der Waals surface area contributed by atoms with E-state index < -0.39 is 23.8 Å². The maximum atomic E-state index is 11.6. The molecule has 0 heterocycles. The first-order valence-electron chi connectivity index (χ1n) is 11.3. The standard InChI is InChI=1S/C24H42O5/c1-4-5-6-7-8-9-10-11-12-13-14-15-16-17-18-19-21(25)29-24(28)23(27)22(26)20(2)3/h11-12,23,26-27H,4-10,13-19H2,1-3H3/b12-11-. The molecule has 1 unspecified atom stereocenters. The molecular weight excluding hydrogens is 368 g/mol. The highest BCUT2D eigenvalue weighted by Crippen LogP contribution is 2.11. The van der Waals surface area contributed by atoms with E-state index >= 15 is 0 Å². The molecule has 0 fully saturated rings. The van der Waals surface area contributed by atoms with Crippen molar-refractivity contribution in [3.05, 3.63) is 23.5 Å². The topological polar surface area (TPSA) is 83.8 Å². The Bertz CT molecular complexity index is 503. The summed E-state index contributed by atoms with van der Waals surface area (Å²) in [5, 5.41) is 19.1. The SMILES string of the molecule is CCCCCCCC/C=C\CCCCCCCC(=O)OC(=O)C(O)C(O)=C(C)C. The van der Waals surface area contributed by atoms with Crippen molar-refractivity contribution in [1.82, 2.24) is 0 Å². The van der Waals surface area contributed by atoms with E-state index in [-0.39, 0.29) is 6.42 Å². The smallest absolute Gasteiger partial charge is 0.350 e. The molecule has 0 amide bonds. The molecule has 0 aromatic rings. The number of allylic oxidation sites excluding steroid dienone is 3. The molecule has 5 heteroatoms. The van der Waals surface area contributed by atoms with Gasteiger partial charge in [0, 0.05) is 6.42 Å². The molecule has 0 aromatic heterocycles. The molecule has 0 spiro atoms. The van der Waals surface area contributed by atoms with Crippen molar-refractivity contribution in [2.45, 2.75) is 117 Å². The predicted octanol–water partition coefficient (Wildman–Crippen LogP) is 6.31. The summed E-state index contributed by atoms with van der Waals surface area (Å²) >= 11 is 0. The Morgan fingerprint density at radius 2 is 1.31 bits per heavy atom. The normalized spacial score (nSPS) is 12.1. The largest absolute Gasteiger partial charge is 0.509 e. The maximum absolute atomic E-state index is 11.6. The molecule has 5 nitrogen and oxygen atoms in total. The van der Waals surface area contributed by atoms with Gasteiger partial charge in [-0.15, -0.1) is 0 Å². The van der Waals surface area contributed by atoms with Crippen molar-refractivity contribution in [1.29, 1.82) is 0 Å². The second-order valence-corrected chi connectivity index (χ2v) is 7.92. The van der Waals surface area contributed by atoms with Crippen LogP contribution in [0.3, 0.4) is 0 Å². The van der Waals surface area contributed by atoms with Gasteiger partial charge in [-0.2, -0.15) is 0 Å². The van der Waals surface area contributed by atoms with Crippen molar-refractivity contribution in [2.24, 2.45) is 0 Å². The third kappa shape index (κ3) is 15.9. The lowest BCUT2D eigenvalue weighted by Gasteiger charge is -2.10. The summed E-state index contributed by atoms with van der Waals surface area (Å²) in [6, 6.07) is 0. The lowest BCUT2D eigenvalue weighted by Crippen LogP contribution is -2.28. The number of esters is 2. The number of aliphatic hydroxyl groups excluding tert-OH is 2. The number of unbranched alkanes of at least 4 members (excludes halogenated alkanes) is 11. The molecule has 0 aromatic carbocycles. The third-order valence-electron chi connectivity index (χ3n) is 4.85. The third-order valence-corrected chi connectivity index (χ3v) is 4.85. The van der Waals surface area contributed by atoms with E-state index in [9.17, 15) is 19.8 Å². The van der Waals surface area contributed by atoms with Crippen molar-refractivity contribution >= 4 is 11.9 Å². The van der Waals surface area contributed by atoms with Crippen LogP contribution in [0.1, 0.15) is 111 Å². The number of carbonyl (C=O) groups excluding carboxylic acids is 2. The molecule has 0 rings (SSSR count). The fraction of sp³-hybridized carbons (Fsp3) is 0.750. The van der Waals surface area contributed by atoms with Crippen LogP contribution in [0.4, 0.5) is 0 Å². The van der Waals surface area contributed by atoms with Gasteiger partial charge in [0.2, 0.25) is 6.10 Å². The average Bonchev–Trinajstić information content (AvgIpc) is 2.69. The van der Waals surface area contributed by atoms with E-state index in [1.807, 2.05) is 0 Å². The second-order valence-electron chi connectivity index (χ2n) is 7.92. The summed E-state index contributed by atoms with van der Waals surface area (Å²) in [4.78, 5) is 23.2. The van der Waals surface area contributed by atoms with Crippen molar-refractivity contribution in [2.75, 3.05) is 0 Å². The molecular formula is C24H42O5. The Hall–Kier alpha value is -1.62. The fourth-order valence-electron chi connectivity index (χ4n) is 2.94. The van der Waals surface area contributed by atoms with E-state index in [1.165, 1.54) is 44.9 Å². The van der Waals surface area contributed by atoms with Crippen molar-refractivity contribution < 1.29 is 24.5 Å². The Balaban J connectivity index is 3.56. The van der Waals surface area contributed by atoms with Gasteiger partial charge < -0.3 is 14.9 Å². The van der Waals surface area contributed by atoms with E-state index in [1.54, 1.807) is 13.8 Å². The van der Waals surface area contributed by atoms with Crippen LogP contribution in [0.25, 0.3) is 0 Å². The highest BCUT2D eigenvalue weighted by Gasteiger charge is 2.24. The minimum atomic E-state index is -1.79. The zero-order valence-corrected chi connectivity index (χ0v) is 18.8. The zero-order chi connectivity index (χ0) is 21.9. The molecule has 0 saturated carbocycles. The van der Waals surface area contributed by atoms with Gasteiger partial charge in [-0.05, 0) is 51.5 Å². The first-order chi connectivity index (χ1) is 13.9. The summed E-state index contributed by atoms with van der Waals surface area (Å²) in [6.45, 7) is 5.35. The van der Waals surface area contributed by atoms with Crippen LogP contribution in [-0.4, -0.2) is 28.3 Å². The van der Waals surface area contributed by atoms with Gasteiger partial charge >= 0.3 is 11.9 Å².